The van der Waals surface area contributed by atoms with E-state index in [4.69, 9.17) is 9.97 Å². The maximum atomic E-state index is 12.9. The Kier molecular flexibility index (Phi) is 6.52. The Labute approximate surface area is 195 Å². The molecule has 0 radical (unpaired) electrons. The minimum atomic E-state index is -0.0982. The van der Waals surface area contributed by atoms with Crippen molar-refractivity contribution >= 4 is 16.9 Å². The summed E-state index contributed by atoms with van der Waals surface area (Å²) >= 11 is 0. The van der Waals surface area contributed by atoms with Crippen LogP contribution in [0.25, 0.3) is 33.5 Å². The van der Waals surface area contributed by atoms with Crippen LogP contribution in [0.1, 0.15) is 24.2 Å². The van der Waals surface area contributed by atoms with Gasteiger partial charge in [0.2, 0.25) is 0 Å². The van der Waals surface area contributed by atoms with Crippen LogP contribution in [0.4, 0.5) is 0 Å². The van der Waals surface area contributed by atoms with E-state index in [0.29, 0.717) is 17.6 Å². The monoisotopic (exact) mass is 438 g/mol. The highest BCUT2D eigenvalue weighted by Gasteiger charge is 2.21. The molecule has 33 heavy (non-hydrogen) atoms. The summed E-state index contributed by atoms with van der Waals surface area (Å²) in [5.74, 6) is -0.0982. The second-order valence-electron chi connectivity index (χ2n) is 9.44. The highest BCUT2D eigenvalue weighted by molar-refractivity contribution is 5.98. The molecular weight excluding hydrogens is 408 g/mol. The van der Waals surface area contributed by atoms with Crippen molar-refractivity contribution < 1.29 is 4.79 Å². The molecule has 1 aromatic heterocycles. The van der Waals surface area contributed by atoms with E-state index < -0.39 is 0 Å². The number of nitrogens with zero attached hydrogens (tertiary/aromatic N) is 3. The molecule has 1 amide bonds. The van der Waals surface area contributed by atoms with E-state index in [1.165, 1.54) is 0 Å². The van der Waals surface area contributed by atoms with Crippen molar-refractivity contribution in [1.82, 2.24) is 20.2 Å². The molecule has 0 aliphatic rings. The smallest absolute Gasteiger partial charge is 0.251 e. The van der Waals surface area contributed by atoms with Crippen LogP contribution in [0.3, 0.4) is 0 Å². The van der Waals surface area contributed by atoms with Gasteiger partial charge in [-0.05, 0) is 37.7 Å². The number of amides is 1. The van der Waals surface area contributed by atoms with Gasteiger partial charge in [-0.15, -0.1) is 0 Å². The molecule has 0 saturated heterocycles. The fourth-order valence-electron chi connectivity index (χ4n) is 4.12. The van der Waals surface area contributed by atoms with Crippen LogP contribution in [-0.2, 0) is 0 Å². The molecule has 5 nitrogen and oxygen atoms in total. The number of carbonyl (C=O) groups excluding carboxylic acids is 1. The van der Waals surface area contributed by atoms with Gasteiger partial charge < -0.3 is 10.2 Å². The first-order chi connectivity index (χ1) is 15.8. The first-order valence-corrected chi connectivity index (χ1v) is 11.2. The lowest BCUT2D eigenvalue weighted by atomic mass is 9.93. The molecule has 0 unspecified atom stereocenters. The van der Waals surface area contributed by atoms with Crippen molar-refractivity contribution in [2.45, 2.75) is 13.8 Å². The third kappa shape index (κ3) is 5.44. The largest absolute Gasteiger partial charge is 0.351 e. The van der Waals surface area contributed by atoms with Crippen molar-refractivity contribution in [3.8, 4) is 22.5 Å². The Morgan fingerprint density at radius 2 is 1.36 bits per heavy atom. The zero-order valence-corrected chi connectivity index (χ0v) is 19.7. The van der Waals surface area contributed by atoms with Crippen LogP contribution in [0.15, 0.2) is 78.9 Å². The maximum Gasteiger partial charge on any atom is 0.251 e. The molecule has 0 aliphatic carbocycles. The van der Waals surface area contributed by atoms with E-state index in [1.54, 1.807) is 0 Å². The summed E-state index contributed by atoms with van der Waals surface area (Å²) in [6, 6.07) is 25.7. The average Bonchev–Trinajstić information content (AvgIpc) is 2.81. The van der Waals surface area contributed by atoms with E-state index in [2.05, 4.69) is 24.1 Å². The number of fused-ring (bicyclic) bond motifs is 1. The Morgan fingerprint density at radius 3 is 1.91 bits per heavy atom. The van der Waals surface area contributed by atoms with Crippen LogP contribution >= 0.6 is 0 Å². The van der Waals surface area contributed by atoms with Gasteiger partial charge in [-0.1, -0.05) is 74.5 Å². The Hall–Kier alpha value is -3.57. The topological polar surface area (TPSA) is 58.1 Å². The zero-order valence-electron chi connectivity index (χ0n) is 19.7. The molecule has 0 saturated carbocycles. The molecule has 5 heteroatoms. The van der Waals surface area contributed by atoms with Crippen LogP contribution < -0.4 is 5.32 Å². The lowest BCUT2D eigenvalue weighted by molar-refractivity contribution is 0.0929. The molecule has 0 spiro atoms. The Bertz CT molecular complexity index is 1250. The van der Waals surface area contributed by atoms with Crippen molar-refractivity contribution in [3.63, 3.8) is 0 Å². The number of aromatic nitrogens is 2. The standard InChI is InChI=1S/C28H30N4O/c1-28(2,19-32(3)4)18-29-27(33)22-15-16-23-24(17-22)31-26(21-13-9-6-10-14-21)25(30-23)20-11-7-5-8-12-20/h5-17H,18-19H2,1-4H3,(H,29,33). The van der Waals surface area contributed by atoms with Gasteiger partial charge in [-0.3, -0.25) is 4.79 Å². The van der Waals surface area contributed by atoms with Gasteiger partial charge in [0.1, 0.15) is 0 Å². The fourth-order valence-corrected chi connectivity index (χ4v) is 4.12. The third-order valence-electron chi connectivity index (χ3n) is 5.49. The minimum Gasteiger partial charge on any atom is -0.351 e. The predicted molar refractivity (Wildman–Crippen MR) is 135 cm³/mol. The summed E-state index contributed by atoms with van der Waals surface area (Å²) in [6.07, 6.45) is 0. The molecule has 0 fully saturated rings. The molecule has 4 rings (SSSR count). The van der Waals surface area contributed by atoms with Gasteiger partial charge in [-0.2, -0.15) is 0 Å². The molecule has 3 aromatic carbocycles. The van der Waals surface area contributed by atoms with E-state index in [9.17, 15) is 4.79 Å². The number of rotatable bonds is 7. The van der Waals surface area contributed by atoms with Crippen molar-refractivity contribution in [1.29, 1.82) is 0 Å². The fraction of sp³-hybridized carbons (Fsp3) is 0.250. The highest BCUT2D eigenvalue weighted by atomic mass is 16.1. The lowest BCUT2D eigenvalue weighted by Gasteiger charge is -2.28. The number of carbonyl (C=O) groups is 1. The molecule has 1 N–H and O–H groups in total. The van der Waals surface area contributed by atoms with Crippen LogP contribution in [0.2, 0.25) is 0 Å². The first kappa shape index (κ1) is 22.6. The molecule has 168 valence electrons. The van der Waals surface area contributed by atoms with Crippen LogP contribution in [-0.4, -0.2) is 48.0 Å². The summed E-state index contributed by atoms with van der Waals surface area (Å²) in [5.41, 5.74) is 5.66. The van der Waals surface area contributed by atoms with Gasteiger partial charge in [0.15, 0.2) is 0 Å². The number of hydrogen-bond acceptors (Lipinski definition) is 4. The predicted octanol–water partition coefficient (Wildman–Crippen LogP) is 5.28. The van der Waals surface area contributed by atoms with Crippen molar-refractivity contribution in [3.05, 3.63) is 84.4 Å². The Balaban J connectivity index is 1.70. The second kappa shape index (κ2) is 9.51. The lowest BCUT2D eigenvalue weighted by Crippen LogP contribution is -2.39. The molecule has 4 aromatic rings. The normalized spacial score (nSPS) is 11.7. The van der Waals surface area contributed by atoms with E-state index in [1.807, 2.05) is 93.0 Å². The first-order valence-electron chi connectivity index (χ1n) is 11.2. The molecular formula is C28H30N4O. The zero-order chi connectivity index (χ0) is 23.4. The number of benzene rings is 3. The van der Waals surface area contributed by atoms with Crippen molar-refractivity contribution in [2.75, 3.05) is 27.2 Å². The molecule has 0 aliphatic heterocycles. The summed E-state index contributed by atoms with van der Waals surface area (Å²) in [5, 5.41) is 3.08. The average molecular weight is 439 g/mol. The summed E-state index contributed by atoms with van der Waals surface area (Å²) < 4.78 is 0. The van der Waals surface area contributed by atoms with Crippen molar-refractivity contribution in [2.24, 2.45) is 5.41 Å². The second-order valence-corrected chi connectivity index (χ2v) is 9.44. The molecule has 1 heterocycles. The van der Waals surface area contributed by atoms with Gasteiger partial charge in [0, 0.05) is 29.8 Å². The number of hydrogen-bond donors (Lipinski definition) is 1. The van der Waals surface area contributed by atoms with E-state index in [0.717, 1.165) is 34.6 Å². The van der Waals surface area contributed by atoms with Gasteiger partial charge in [0.05, 0.1) is 22.4 Å². The van der Waals surface area contributed by atoms with E-state index in [-0.39, 0.29) is 11.3 Å². The van der Waals surface area contributed by atoms with Crippen LogP contribution in [0.5, 0.6) is 0 Å². The third-order valence-corrected chi connectivity index (χ3v) is 5.49. The summed E-state index contributed by atoms with van der Waals surface area (Å²) in [7, 11) is 4.08. The maximum absolute atomic E-state index is 12.9. The highest BCUT2D eigenvalue weighted by Crippen LogP contribution is 2.31. The summed E-state index contributed by atoms with van der Waals surface area (Å²) in [4.78, 5) is 24.9. The van der Waals surface area contributed by atoms with Gasteiger partial charge >= 0.3 is 0 Å². The molecule has 0 bridgehead atoms. The summed E-state index contributed by atoms with van der Waals surface area (Å²) in [6.45, 7) is 5.78. The SMILES string of the molecule is CN(C)CC(C)(C)CNC(=O)c1ccc2nc(-c3ccccc3)c(-c3ccccc3)nc2c1. The van der Waals surface area contributed by atoms with E-state index >= 15 is 0 Å². The Morgan fingerprint density at radius 1 is 0.818 bits per heavy atom. The van der Waals surface area contributed by atoms with Crippen LogP contribution in [0, 0.1) is 5.41 Å². The minimum absolute atomic E-state index is 0.0269. The van der Waals surface area contributed by atoms with Gasteiger partial charge in [0.25, 0.3) is 5.91 Å². The molecule has 0 atom stereocenters. The van der Waals surface area contributed by atoms with Gasteiger partial charge in [-0.25, -0.2) is 9.97 Å². The quantitative estimate of drug-likeness (QED) is 0.426. The number of nitrogens with one attached hydrogen (secondary N) is 1.